The summed E-state index contributed by atoms with van der Waals surface area (Å²) in [5, 5.41) is 10.9. The fourth-order valence-electron chi connectivity index (χ4n) is 1.41. The van der Waals surface area contributed by atoms with Gasteiger partial charge in [-0.25, -0.2) is 4.98 Å². The maximum absolute atomic E-state index is 10.9. The van der Waals surface area contributed by atoms with E-state index < -0.39 is 4.92 Å². The first-order chi connectivity index (χ1) is 7.91. The Morgan fingerprint density at radius 2 is 2.24 bits per heavy atom. The number of halogens is 1. The van der Waals surface area contributed by atoms with Gasteiger partial charge in [0.25, 0.3) is 0 Å². The summed E-state index contributed by atoms with van der Waals surface area (Å²) in [6.45, 7) is 5.00. The molecule has 0 radical (unpaired) electrons. The summed E-state index contributed by atoms with van der Waals surface area (Å²) >= 11 is 3.19. The van der Waals surface area contributed by atoms with E-state index in [1.165, 1.54) is 6.07 Å². The zero-order chi connectivity index (χ0) is 13.0. The van der Waals surface area contributed by atoms with E-state index in [2.05, 4.69) is 34.8 Å². The van der Waals surface area contributed by atoms with Crippen molar-refractivity contribution in [1.82, 2.24) is 4.98 Å². The maximum atomic E-state index is 10.9. The fraction of sp³-hybridized carbons (Fsp3) is 0.545. The van der Waals surface area contributed by atoms with E-state index in [0.29, 0.717) is 16.2 Å². The third kappa shape index (κ3) is 3.96. The average Bonchev–Trinajstić information content (AvgIpc) is 2.25. The molecule has 0 spiro atoms. The zero-order valence-electron chi connectivity index (χ0n) is 10.2. The molecule has 0 atom stereocenters. The van der Waals surface area contributed by atoms with Crippen LogP contribution < -0.4 is 4.90 Å². The van der Waals surface area contributed by atoms with Crippen molar-refractivity contribution in [1.29, 1.82) is 0 Å². The lowest BCUT2D eigenvalue weighted by molar-refractivity contribution is -0.384. The van der Waals surface area contributed by atoms with Gasteiger partial charge in [-0.05, 0) is 28.3 Å². The molecule has 0 N–H and O–H groups in total. The molecule has 1 heterocycles. The molecule has 0 bridgehead atoms. The van der Waals surface area contributed by atoms with Gasteiger partial charge in [-0.15, -0.1) is 0 Å². The Kier molecular flexibility index (Phi) is 4.86. The van der Waals surface area contributed by atoms with Crippen LogP contribution in [-0.4, -0.2) is 23.5 Å². The highest BCUT2D eigenvalue weighted by Gasteiger charge is 2.19. The molecule has 0 aliphatic carbocycles. The molecule has 0 fully saturated rings. The minimum Gasteiger partial charge on any atom is -0.354 e. The lowest BCUT2D eigenvalue weighted by atomic mass is 10.1. The molecule has 0 aliphatic rings. The first-order valence-electron chi connectivity index (χ1n) is 5.43. The van der Waals surface area contributed by atoms with Crippen LogP contribution in [0.4, 0.5) is 11.5 Å². The third-order valence-electron chi connectivity index (χ3n) is 2.41. The molecule has 1 aromatic rings. The summed E-state index contributed by atoms with van der Waals surface area (Å²) < 4.78 is 0.616. The van der Waals surface area contributed by atoms with Crippen LogP contribution in [-0.2, 0) is 0 Å². The van der Waals surface area contributed by atoms with Crippen LogP contribution in [0.25, 0.3) is 0 Å². The molecule has 6 heteroatoms. The number of nitrogens with zero attached hydrogens (tertiary/aromatic N) is 3. The van der Waals surface area contributed by atoms with E-state index in [1.54, 1.807) is 6.20 Å². The van der Waals surface area contributed by atoms with Crippen molar-refractivity contribution >= 4 is 27.4 Å². The Bertz CT molecular complexity index is 410. The van der Waals surface area contributed by atoms with Gasteiger partial charge >= 0.3 is 5.69 Å². The second-order valence-corrected chi connectivity index (χ2v) is 5.27. The van der Waals surface area contributed by atoms with E-state index in [1.807, 2.05) is 11.9 Å². The Labute approximate surface area is 109 Å². The number of anilines is 1. The SMILES string of the molecule is CC(C)CCN(C)c1ncc(Br)cc1[N+](=O)[O-]. The molecule has 0 amide bonds. The van der Waals surface area contributed by atoms with E-state index in [0.717, 1.165) is 13.0 Å². The van der Waals surface area contributed by atoms with Crippen LogP contribution >= 0.6 is 15.9 Å². The monoisotopic (exact) mass is 301 g/mol. The number of rotatable bonds is 5. The van der Waals surface area contributed by atoms with Crippen molar-refractivity contribution in [2.24, 2.45) is 5.92 Å². The molecule has 0 saturated carbocycles. The summed E-state index contributed by atoms with van der Waals surface area (Å²) in [6, 6.07) is 1.48. The van der Waals surface area contributed by atoms with Crippen molar-refractivity contribution in [2.45, 2.75) is 20.3 Å². The van der Waals surface area contributed by atoms with Gasteiger partial charge < -0.3 is 4.90 Å². The zero-order valence-corrected chi connectivity index (χ0v) is 11.8. The van der Waals surface area contributed by atoms with E-state index in [-0.39, 0.29) is 5.69 Å². The van der Waals surface area contributed by atoms with Crippen LogP contribution in [0.15, 0.2) is 16.7 Å². The van der Waals surface area contributed by atoms with E-state index in [4.69, 9.17) is 0 Å². The largest absolute Gasteiger partial charge is 0.354 e. The lowest BCUT2D eigenvalue weighted by Gasteiger charge is -2.18. The van der Waals surface area contributed by atoms with Gasteiger partial charge in [0.15, 0.2) is 0 Å². The minimum atomic E-state index is -0.404. The van der Waals surface area contributed by atoms with Gasteiger partial charge in [0.2, 0.25) is 5.82 Å². The van der Waals surface area contributed by atoms with Gasteiger partial charge in [-0.2, -0.15) is 0 Å². The molecule has 1 aromatic heterocycles. The predicted molar refractivity (Wildman–Crippen MR) is 71.3 cm³/mol. The average molecular weight is 302 g/mol. The normalized spacial score (nSPS) is 10.6. The number of hydrogen-bond acceptors (Lipinski definition) is 4. The second-order valence-electron chi connectivity index (χ2n) is 4.36. The first-order valence-corrected chi connectivity index (χ1v) is 6.22. The highest BCUT2D eigenvalue weighted by Crippen LogP contribution is 2.27. The summed E-state index contributed by atoms with van der Waals surface area (Å²) in [6.07, 6.45) is 2.56. The maximum Gasteiger partial charge on any atom is 0.312 e. The first kappa shape index (κ1) is 13.9. The van der Waals surface area contributed by atoms with Gasteiger partial charge in [0, 0.05) is 30.3 Å². The van der Waals surface area contributed by atoms with Crippen molar-refractivity contribution < 1.29 is 4.92 Å². The van der Waals surface area contributed by atoms with Gasteiger partial charge in [-0.3, -0.25) is 10.1 Å². The summed E-state index contributed by atoms with van der Waals surface area (Å²) in [5.74, 6) is 0.978. The highest BCUT2D eigenvalue weighted by atomic mass is 79.9. The number of nitro groups is 1. The van der Waals surface area contributed by atoms with Gasteiger partial charge in [-0.1, -0.05) is 13.8 Å². The van der Waals surface area contributed by atoms with Crippen LogP contribution in [0.2, 0.25) is 0 Å². The van der Waals surface area contributed by atoms with Crippen molar-refractivity contribution in [3.05, 3.63) is 26.9 Å². The molecule has 0 aromatic carbocycles. The van der Waals surface area contributed by atoms with Crippen molar-refractivity contribution in [2.75, 3.05) is 18.5 Å². The predicted octanol–water partition coefficient (Wildman–Crippen LogP) is 3.23. The Hall–Kier alpha value is -1.17. The molecule has 1 rings (SSSR count). The van der Waals surface area contributed by atoms with Crippen LogP contribution in [0.3, 0.4) is 0 Å². The molecule has 17 heavy (non-hydrogen) atoms. The molecule has 0 unspecified atom stereocenters. The number of pyridine rings is 1. The van der Waals surface area contributed by atoms with Gasteiger partial charge in [0.05, 0.1) is 4.92 Å². The molecule has 0 aliphatic heterocycles. The van der Waals surface area contributed by atoms with E-state index in [9.17, 15) is 10.1 Å². The fourth-order valence-corrected chi connectivity index (χ4v) is 1.73. The van der Waals surface area contributed by atoms with Crippen molar-refractivity contribution in [3.63, 3.8) is 0 Å². The molecular weight excluding hydrogens is 286 g/mol. The molecule has 94 valence electrons. The quantitative estimate of drug-likeness (QED) is 0.619. The van der Waals surface area contributed by atoms with Crippen molar-refractivity contribution in [3.8, 4) is 0 Å². The standard InChI is InChI=1S/C11H16BrN3O2/c1-8(2)4-5-14(3)11-10(15(16)17)6-9(12)7-13-11/h6-8H,4-5H2,1-3H3. The van der Waals surface area contributed by atoms with Gasteiger partial charge in [0.1, 0.15) is 0 Å². The minimum absolute atomic E-state index is 0.0330. The Balaban J connectivity index is 2.92. The third-order valence-corrected chi connectivity index (χ3v) is 2.85. The summed E-state index contributed by atoms with van der Waals surface area (Å²) in [4.78, 5) is 16.5. The van der Waals surface area contributed by atoms with Crippen LogP contribution in [0.5, 0.6) is 0 Å². The molecule has 0 saturated heterocycles. The highest BCUT2D eigenvalue weighted by molar-refractivity contribution is 9.10. The summed E-state index contributed by atoms with van der Waals surface area (Å²) in [5.41, 5.74) is 0.0330. The van der Waals surface area contributed by atoms with E-state index >= 15 is 0 Å². The smallest absolute Gasteiger partial charge is 0.312 e. The lowest BCUT2D eigenvalue weighted by Crippen LogP contribution is -2.22. The molecular formula is C11H16BrN3O2. The number of hydrogen-bond donors (Lipinski definition) is 0. The Morgan fingerprint density at radius 3 is 2.76 bits per heavy atom. The Morgan fingerprint density at radius 1 is 1.59 bits per heavy atom. The summed E-state index contributed by atoms with van der Waals surface area (Å²) in [7, 11) is 1.83. The molecule has 5 nitrogen and oxygen atoms in total. The van der Waals surface area contributed by atoms with Crippen LogP contribution in [0, 0.1) is 16.0 Å². The second kappa shape index (κ2) is 5.95. The topological polar surface area (TPSA) is 59.3 Å². The number of aromatic nitrogens is 1. The van der Waals surface area contributed by atoms with Crippen LogP contribution in [0.1, 0.15) is 20.3 Å².